The third-order valence-corrected chi connectivity index (χ3v) is 2.80. The fraction of sp³-hybridized carbons (Fsp3) is 1.00. The van der Waals surface area contributed by atoms with Gasteiger partial charge in [0.2, 0.25) is 0 Å². The largest absolute Gasteiger partial charge is 0.375 e. The number of hydrogen-bond acceptors (Lipinski definition) is 3. The maximum atomic E-state index is 5.89. The summed E-state index contributed by atoms with van der Waals surface area (Å²) in [5, 5.41) is 3.54. The summed E-state index contributed by atoms with van der Waals surface area (Å²) in [6.45, 7) is 7.31. The van der Waals surface area contributed by atoms with Crippen molar-refractivity contribution in [2.45, 2.75) is 38.8 Å². The summed E-state index contributed by atoms with van der Waals surface area (Å²) in [5.74, 6) is 0.596. The molecule has 0 amide bonds. The van der Waals surface area contributed by atoms with Crippen molar-refractivity contribution in [3.63, 3.8) is 0 Å². The third kappa shape index (κ3) is 6.13. The molecule has 90 valence electrons. The predicted octanol–water partition coefficient (Wildman–Crippen LogP) is 1.34. The van der Waals surface area contributed by atoms with Crippen molar-refractivity contribution in [1.29, 1.82) is 0 Å². The first-order chi connectivity index (χ1) is 7.09. The minimum atomic E-state index is 0.366. The number of ether oxygens (including phenoxy) is 1. The van der Waals surface area contributed by atoms with Crippen LogP contribution in [0.4, 0.5) is 0 Å². The summed E-state index contributed by atoms with van der Waals surface area (Å²) >= 11 is 0. The van der Waals surface area contributed by atoms with Crippen molar-refractivity contribution in [3.05, 3.63) is 0 Å². The molecule has 15 heavy (non-hydrogen) atoms. The van der Waals surface area contributed by atoms with E-state index >= 15 is 0 Å². The molecule has 0 aromatic rings. The molecule has 0 aromatic carbocycles. The van der Waals surface area contributed by atoms with Gasteiger partial charge < -0.3 is 15.0 Å². The minimum absolute atomic E-state index is 0.366. The van der Waals surface area contributed by atoms with Crippen molar-refractivity contribution in [2.75, 3.05) is 33.8 Å². The summed E-state index contributed by atoms with van der Waals surface area (Å²) in [7, 11) is 4.16. The Balaban J connectivity index is 2.11. The molecule has 1 atom stereocenters. The maximum absolute atomic E-state index is 5.89. The summed E-state index contributed by atoms with van der Waals surface area (Å²) in [6.07, 6.45) is 3.07. The van der Waals surface area contributed by atoms with Gasteiger partial charge in [-0.05, 0) is 32.9 Å². The molecule has 1 N–H and O–H groups in total. The second kappa shape index (κ2) is 6.46. The van der Waals surface area contributed by atoms with Crippen LogP contribution in [-0.2, 0) is 4.74 Å². The van der Waals surface area contributed by atoms with E-state index in [0.29, 0.717) is 12.0 Å². The van der Waals surface area contributed by atoms with Crippen LogP contribution in [0.2, 0.25) is 0 Å². The van der Waals surface area contributed by atoms with Gasteiger partial charge >= 0.3 is 0 Å². The molecule has 1 aliphatic rings. The lowest BCUT2D eigenvalue weighted by molar-refractivity contribution is 0.0159. The molecule has 3 nitrogen and oxygen atoms in total. The van der Waals surface area contributed by atoms with Crippen LogP contribution < -0.4 is 5.32 Å². The highest BCUT2D eigenvalue weighted by atomic mass is 16.5. The van der Waals surface area contributed by atoms with Gasteiger partial charge in [-0.25, -0.2) is 0 Å². The van der Waals surface area contributed by atoms with Gasteiger partial charge in [0.05, 0.1) is 12.7 Å². The highest BCUT2D eigenvalue weighted by molar-refractivity contribution is 4.82. The van der Waals surface area contributed by atoms with Crippen LogP contribution in [0.25, 0.3) is 0 Å². The molecule has 1 rings (SSSR count). The Morgan fingerprint density at radius 3 is 2.47 bits per heavy atom. The van der Waals surface area contributed by atoms with Crippen LogP contribution in [-0.4, -0.2) is 50.8 Å². The van der Waals surface area contributed by atoms with Crippen LogP contribution in [0.1, 0.15) is 26.7 Å². The number of nitrogens with zero attached hydrogens (tertiary/aromatic N) is 1. The molecule has 0 heterocycles. The van der Waals surface area contributed by atoms with Crippen LogP contribution in [0.5, 0.6) is 0 Å². The SMILES string of the molecule is CC(C)C(CNC1CC1)OCCN(C)C. The monoisotopic (exact) mass is 214 g/mol. The molecule has 1 saturated carbocycles. The highest BCUT2D eigenvalue weighted by Crippen LogP contribution is 2.19. The molecule has 1 unspecified atom stereocenters. The first-order valence-electron chi connectivity index (χ1n) is 6.09. The van der Waals surface area contributed by atoms with Crippen molar-refractivity contribution >= 4 is 0 Å². The molecule has 0 aliphatic heterocycles. The molecular weight excluding hydrogens is 188 g/mol. The third-order valence-electron chi connectivity index (χ3n) is 2.80. The molecule has 0 saturated heterocycles. The van der Waals surface area contributed by atoms with E-state index in [-0.39, 0.29) is 0 Å². The number of likely N-dealkylation sites (N-methyl/N-ethyl adjacent to an activating group) is 1. The quantitative estimate of drug-likeness (QED) is 0.660. The second-order valence-electron chi connectivity index (χ2n) is 5.14. The normalized spacial score (nSPS) is 18.8. The Morgan fingerprint density at radius 1 is 1.33 bits per heavy atom. The second-order valence-corrected chi connectivity index (χ2v) is 5.14. The molecule has 1 aliphatic carbocycles. The van der Waals surface area contributed by atoms with Gasteiger partial charge in [-0.15, -0.1) is 0 Å². The van der Waals surface area contributed by atoms with E-state index in [4.69, 9.17) is 4.74 Å². The lowest BCUT2D eigenvalue weighted by atomic mass is 10.1. The zero-order valence-corrected chi connectivity index (χ0v) is 10.6. The van der Waals surface area contributed by atoms with Crippen molar-refractivity contribution in [3.8, 4) is 0 Å². The van der Waals surface area contributed by atoms with E-state index in [9.17, 15) is 0 Å². The van der Waals surface area contributed by atoms with Gasteiger partial charge in [0.25, 0.3) is 0 Å². The smallest absolute Gasteiger partial charge is 0.0723 e. The molecule has 3 heteroatoms. The van der Waals surface area contributed by atoms with E-state index in [1.165, 1.54) is 12.8 Å². The Kier molecular flexibility index (Phi) is 5.58. The standard InChI is InChI=1S/C12H26N2O/c1-10(2)12(9-13-11-5-6-11)15-8-7-14(3)4/h10-13H,5-9H2,1-4H3. The lowest BCUT2D eigenvalue weighted by Crippen LogP contribution is -2.35. The first kappa shape index (κ1) is 12.9. The Bertz CT molecular complexity index is 167. The van der Waals surface area contributed by atoms with Crippen LogP contribution >= 0.6 is 0 Å². The number of hydrogen-bond donors (Lipinski definition) is 1. The average Bonchev–Trinajstić information content (AvgIpc) is 2.93. The fourth-order valence-electron chi connectivity index (χ4n) is 1.44. The van der Waals surface area contributed by atoms with Gasteiger partial charge in [0.1, 0.15) is 0 Å². The van der Waals surface area contributed by atoms with E-state index in [2.05, 4.69) is 38.2 Å². The minimum Gasteiger partial charge on any atom is -0.375 e. The van der Waals surface area contributed by atoms with Gasteiger partial charge in [-0.3, -0.25) is 0 Å². The Hall–Kier alpha value is -0.120. The van der Waals surface area contributed by atoms with Crippen LogP contribution in [0.3, 0.4) is 0 Å². The first-order valence-corrected chi connectivity index (χ1v) is 6.09. The summed E-state index contributed by atoms with van der Waals surface area (Å²) in [5.41, 5.74) is 0. The van der Waals surface area contributed by atoms with Crippen molar-refractivity contribution < 1.29 is 4.74 Å². The predicted molar refractivity (Wildman–Crippen MR) is 64.2 cm³/mol. The zero-order valence-electron chi connectivity index (χ0n) is 10.6. The molecule has 0 aromatic heterocycles. The van der Waals surface area contributed by atoms with Gasteiger partial charge in [0.15, 0.2) is 0 Å². The maximum Gasteiger partial charge on any atom is 0.0723 e. The van der Waals surface area contributed by atoms with E-state index < -0.39 is 0 Å². The van der Waals surface area contributed by atoms with E-state index in [1.54, 1.807) is 0 Å². The average molecular weight is 214 g/mol. The van der Waals surface area contributed by atoms with E-state index in [0.717, 1.165) is 25.7 Å². The summed E-state index contributed by atoms with van der Waals surface area (Å²) < 4.78 is 5.89. The summed E-state index contributed by atoms with van der Waals surface area (Å²) in [6, 6.07) is 0.781. The van der Waals surface area contributed by atoms with Crippen LogP contribution in [0.15, 0.2) is 0 Å². The molecule has 1 fully saturated rings. The van der Waals surface area contributed by atoms with Crippen LogP contribution in [0, 0.1) is 5.92 Å². The zero-order chi connectivity index (χ0) is 11.3. The van der Waals surface area contributed by atoms with Crippen molar-refractivity contribution in [1.82, 2.24) is 10.2 Å². The van der Waals surface area contributed by atoms with Gasteiger partial charge in [0, 0.05) is 19.1 Å². The number of rotatable bonds is 8. The Morgan fingerprint density at radius 2 is 2.00 bits per heavy atom. The van der Waals surface area contributed by atoms with Gasteiger partial charge in [-0.1, -0.05) is 13.8 Å². The fourth-order valence-corrected chi connectivity index (χ4v) is 1.44. The van der Waals surface area contributed by atoms with Crippen molar-refractivity contribution in [2.24, 2.45) is 5.92 Å². The van der Waals surface area contributed by atoms with Gasteiger partial charge in [-0.2, -0.15) is 0 Å². The Labute approximate surface area is 94.2 Å². The summed E-state index contributed by atoms with van der Waals surface area (Å²) in [4.78, 5) is 2.16. The highest BCUT2D eigenvalue weighted by Gasteiger charge is 2.23. The lowest BCUT2D eigenvalue weighted by Gasteiger charge is -2.23. The topological polar surface area (TPSA) is 24.5 Å². The molecular formula is C12H26N2O. The molecule has 0 bridgehead atoms. The van der Waals surface area contributed by atoms with E-state index in [1.807, 2.05) is 0 Å². The molecule has 0 spiro atoms. The number of nitrogens with one attached hydrogen (secondary N) is 1. The molecule has 0 radical (unpaired) electrons.